The highest BCUT2D eigenvalue weighted by molar-refractivity contribution is 5.43. The molecule has 0 spiro atoms. The highest BCUT2D eigenvalue weighted by Gasteiger charge is 2.45. The lowest BCUT2D eigenvalue weighted by atomic mass is 9.84. The van der Waals surface area contributed by atoms with Gasteiger partial charge in [0.25, 0.3) is 0 Å². The van der Waals surface area contributed by atoms with Crippen LogP contribution in [0.25, 0.3) is 0 Å². The Hall–Kier alpha value is -2.64. The third-order valence-corrected chi connectivity index (χ3v) is 7.06. The number of hydrogen-bond acceptors (Lipinski definition) is 11. The van der Waals surface area contributed by atoms with Gasteiger partial charge in [0, 0.05) is 5.92 Å². The van der Waals surface area contributed by atoms with Gasteiger partial charge >= 0.3 is 0 Å². The van der Waals surface area contributed by atoms with Gasteiger partial charge in [0.15, 0.2) is 29.3 Å². The van der Waals surface area contributed by atoms with Crippen LogP contribution in [0.1, 0.15) is 17.2 Å². The van der Waals surface area contributed by atoms with E-state index < -0.39 is 43.4 Å². The van der Waals surface area contributed by atoms with E-state index in [4.69, 9.17) is 23.7 Å². The summed E-state index contributed by atoms with van der Waals surface area (Å²) < 4.78 is 28.1. The average molecular weight is 523 g/mol. The minimum absolute atomic E-state index is 0.00824. The second-order valence-electron chi connectivity index (χ2n) is 9.35. The van der Waals surface area contributed by atoms with Crippen LogP contribution in [0.4, 0.5) is 0 Å². The fourth-order valence-electron chi connectivity index (χ4n) is 4.93. The largest absolute Gasteiger partial charge is 0.504 e. The minimum atomic E-state index is -1.55. The summed E-state index contributed by atoms with van der Waals surface area (Å²) >= 11 is 0. The summed E-state index contributed by atoms with van der Waals surface area (Å²) in [6.07, 6.45) is -6.81. The molecule has 37 heavy (non-hydrogen) atoms. The molecule has 0 aromatic heterocycles. The number of aromatic hydroxyl groups is 2. The number of methoxy groups -OCH3 is 2. The molecule has 8 atom stereocenters. The van der Waals surface area contributed by atoms with E-state index in [-0.39, 0.29) is 29.9 Å². The quantitative estimate of drug-likeness (QED) is 0.271. The van der Waals surface area contributed by atoms with Crippen molar-refractivity contribution in [3.05, 3.63) is 47.5 Å². The summed E-state index contributed by atoms with van der Waals surface area (Å²) in [6, 6.07) is 10.0. The zero-order valence-electron chi connectivity index (χ0n) is 20.6. The molecule has 2 aromatic carbocycles. The van der Waals surface area contributed by atoms with Crippen LogP contribution >= 0.6 is 0 Å². The standard InChI is InChI=1S/C26H34O11/c1-33-19-8-13(3-5-17(19)28)7-15-11-35-25(14-4-6-18(29)20(9-14)34-2)16(15)12-36-26-24(32)23(31)22(30)21(10-27)37-26/h3-6,8-9,15-16,21-32H,7,10-12H2,1-2H3/t15-,16-,21+,22+,23-,24+,25+,26+/m0/s1. The Morgan fingerprint density at radius 2 is 1.57 bits per heavy atom. The molecule has 0 unspecified atom stereocenters. The maximum atomic E-state index is 10.4. The fraction of sp³-hybridized carbons (Fsp3) is 0.538. The lowest BCUT2D eigenvalue weighted by Gasteiger charge is -2.40. The smallest absolute Gasteiger partial charge is 0.186 e. The van der Waals surface area contributed by atoms with Crippen LogP contribution in [0.5, 0.6) is 23.0 Å². The summed E-state index contributed by atoms with van der Waals surface area (Å²) in [5, 5.41) is 60.0. The van der Waals surface area contributed by atoms with Gasteiger partial charge in [-0.25, -0.2) is 0 Å². The molecule has 2 fully saturated rings. The molecular weight excluding hydrogens is 488 g/mol. The van der Waals surface area contributed by atoms with Crippen molar-refractivity contribution in [3.63, 3.8) is 0 Å². The van der Waals surface area contributed by atoms with E-state index in [1.807, 2.05) is 0 Å². The Kier molecular flexibility index (Phi) is 8.75. The summed E-state index contributed by atoms with van der Waals surface area (Å²) in [4.78, 5) is 0. The zero-order valence-corrected chi connectivity index (χ0v) is 20.6. The van der Waals surface area contributed by atoms with E-state index in [0.29, 0.717) is 24.5 Å². The van der Waals surface area contributed by atoms with Crippen molar-refractivity contribution in [1.82, 2.24) is 0 Å². The first-order valence-electron chi connectivity index (χ1n) is 12.0. The highest BCUT2D eigenvalue weighted by Crippen LogP contribution is 2.43. The number of rotatable bonds is 9. The Bertz CT molecular complexity index is 1050. The van der Waals surface area contributed by atoms with Crippen molar-refractivity contribution in [1.29, 1.82) is 0 Å². The molecule has 2 heterocycles. The normalized spacial score (nSPS) is 31.8. The Morgan fingerprint density at radius 3 is 2.24 bits per heavy atom. The number of phenols is 2. The van der Waals surface area contributed by atoms with E-state index >= 15 is 0 Å². The molecule has 0 saturated carbocycles. The Morgan fingerprint density at radius 1 is 0.892 bits per heavy atom. The molecule has 4 rings (SSSR count). The van der Waals surface area contributed by atoms with Crippen LogP contribution in [0.15, 0.2) is 36.4 Å². The molecule has 0 amide bonds. The molecule has 6 N–H and O–H groups in total. The SMILES string of the molecule is COc1cc(C[C@H]2CO[C@H](c3ccc(O)c(OC)c3)[C@H]2CO[C@@H]2O[C@H](CO)[C@@H](O)[C@H](O)[C@H]2O)ccc1O. The maximum Gasteiger partial charge on any atom is 0.186 e. The Balaban J connectivity index is 1.57. The molecule has 0 aliphatic carbocycles. The van der Waals surface area contributed by atoms with Crippen LogP contribution in [0.2, 0.25) is 0 Å². The molecule has 204 valence electrons. The van der Waals surface area contributed by atoms with E-state index in [1.54, 1.807) is 30.3 Å². The first-order valence-corrected chi connectivity index (χ1v) is 12.0. The van der Waals surface area contributed by atoms with Gasteiger partial charge in [-0.3, -0.25) is 0 Å². The average Bonchev–Trinajstić information content (AvgIpc) is 3.30. The predicted octanol–water partition coefficient (Wildman–Crippen LogP) is 0.478. The summed E-state index contributed by atoms with van der Waals surface area (Å²) in [7, 11) is 2.93. The fourth-order valence-corrected chi connectivity index (χ4v) is 4.93. The number of aliphatic hydroxyl groups is 4. The number of ether oxygens (including phenoxy) is 5. The van der Waals surface area contributed by atoms with Crippen LogP contribution < -0.4 is 9.47 Å². The second kappa shape index (κ2) is 11.8. The van der Waals surface area contributed by atoms with Crippen molar-refractivity contribution in [2.75, 3.05) is 34.0 Å². The number of benzene rings is 2. The number of phenolic OH excluding ortho intramolecular Hbond substituents is 2. The van der Waals surface area contributed by atoms with Gasteiger partial charge in [-0.2, -0.15) is 0 Å². The molecular formula is C26H34O11. The molecule has 11 nitrogen and oxygen atoms in total. The third kappa shape index (κ3) is 5.78. The van der Waals surface area contributed by atoms with Gasteiger partial charge < -0.3 is 54.3 Å². The van der Waals surface area contributed by atoms with Crippen LogP contribution in [-0.2, 0) is 20.6 Å². The first kappa shape index (κ1) is 27.4. The van der Waals surface area contributed by atoms with Crippen molar-refractivity contribution in [2.24, 2.45) is 11.8 Å². The maximum absolute atomic E-state index is 10.4. The molecule has 2 saturated heterocycles. The van der Waals surface area contributed by atoms with E-state index in [0.717, 1.165) is 11.1 Å². The lowest BCUT2D eigenvalue weighted by molar-refractivity contribution is -0.304. The van der Waals surface area contributed by atoms with Crippen LogP contribution in [0.3, 0.4) is 0 Å². The molecule has 11 heteroatoms. The zero-order chi connectivity index (χ0) is 26.7. The van der Waals surface area contributed by atoms with Crippen molar-refractivity contribution < 1.29 is 54.3 Å². The minimum Gasteiger partial charge on any atom is -0.504 e. The van der Waals surface area contributed by atoms with Crippen molar-refractivity contribution >= 4 is 0 Å². The summed E-state index contributed by atoms with van der Waals surface area (Å²) in [6.45, 7) is -0.130. The van der Waals surface area contributed by atoms with Gasteiger partial charge in [0.2, 0.25) is 0 Å². The Labute approximate surface area is 214 Å². The molecule has 2 aliphatic rings. The molecule has 0 bridgehead atoms. The van der Waals surface area contributed by atoms with E-state index in [1.165, 1.54) is 20.3 Å². The third-order valence-electron chi connectivity index (χ3n) is 7.06. The van der Waals surface area contributed by atoms with E-state index in [9.17, 15) is 30.6 Å². The topological polar surface area (TPSA) is 168 Å². The van der Waals surface area contributed by atoms with Gasteiger partial charge in [-0.05, 0) is 47.7 Å². The summed E-state index contributed by atoms with van der Waals surface area (Å²) in [5.74, 6) is 0.341. The molecule has 2 aromatic rings. The van der Waals surface area contributed by atoms with Gasteiger partial charge in [0.1, 0.15) is 24.4 Å². The number of aliphatic hydroxyl groups excluding tert-OH is 4. The lowest BCUT2D eigenvalue weighted by Crippen LogP contribution is -2.59. The van der Waals surface area contributed by atoms with Gasteiger partial charge in [-0.1, -0.05) is 12.1 Å². The van der Waals surface area contributed by atoms with Gasteiger partial charge in [0.05, 0.1) is 40.1 Å². The van der Waals surface area contributed by atoms with Crippen LogP contribution in [-0.4, -0.2) is 95.4 Å². The monoisotopic (exact) mass is 522 g/mol. The van der Waals surface area contributed by atoms with Crippen molar-refractivity contribution in [2.45, 2.75) is 43.2 Å². The number of hydrogen-bond donors (Lipinski definition) is 6. The molecule has 2 aliphatic heterocycles. The first-order chi connectivity index (χ1) is 17.8. The van der Waals surface area contributed by atoms with Gasteiger partial charge in [-0.15, -0.1) is 0 Å². The predicted molar refractivity (Wildman–Crippen MR) is 128 cm³/mol. The summed E-state index contributed by atoms with van der Waals surface area (Å²) in [5.41, 5.74) is 1.66. The molecule has 0 radical (unpaired) electrons. The second-order valence-corrected chi connectivity index (χ2v) is 9.35. The van der Waals surface area contributed by atoms with E-state index in [2.05, 4.69) is 0 Å². The van der Waals surface area contributed by atoms with Crippen molar-refractivity contribution in [3.8, 4) is 23.0 Å². The highest BCUT2D eigenvalue weighted by atomic mass is 16.7. The van der Waals surface area contributed by atoms with Crippen LogP contribution in [0, 0.1) is 11.8 Å².